The minimum atomic E-state index is -0.0198. The lowest BCUT2D eigenvalue weighted by atomic mass is 10.1. The first-order valence-electron chi connectivity index (χ1n) is 5.42. The van der Waals surface area contributed by atoms with Crippen LogP contribution in [0.4, 0.5) is 0 Å². The molecule has 1 aliphatic heterocycles. The van der Waals surface area contributed by atoms with E-state index in [1.54, 1.807) is 12.3 Å². The molecule has 2 heterocycles. The van der Waals surface area contributed by atoms with Crippen molar-refractivity contribution in [1.29, 1.82) is 0 Å². The van der Waals surface area contributed by atoms with Gasteiger partial charge in [0.25, 0.3) is 0 Å². The Bertz CT molecular complexity index is 604. The Morgan fingerprint density at radius 1 is 1.00 bits per heavy atom. The maximum Gasteiger partial charge on any atom is 0.182 e. The maximum absolute atomic E-state index is 11.3. The second kappa shape index (κ2) is 3.97. The van der Waals surface area contributed by atoms with Gasteiger partial charge in [-0.05, 0) is 18.2 Å². The summed E-state index contributed by atoms with van der Waals surface area (Å²) in [5.41, 5.74) is 1.66. The van der Waals surface area contributed by atoms with Crippen LogP contribution in [0.25, 0.3) is 11.3 Å². The summed E-state index contributed by atoms with van der Waals surface area (Å²) in [4.78, 5) is 14.3. The summed E-state index contributed by atoms with van der Waals surface area (Å²) in [5, 5.41) is 0. The maximum atomic E-state index is 11.3. The normalized spacial score (nSPS) is 13.4. The number of nitrogens with one attached hydrogen (secondary N) is 1. The number of hydrogen-bond donors (Lipinski definition) is 1. The van der Waals surface area contributed by atoms with Crippen LogP contribution in [0.5, 0.6) is 11.5 Å². The smallest absolute Gasteiger partial charge is 0.182 e. The zero-order valence-electron chi connectivity index (χ0n) is 9.10. The van der Waals surface area contributed by atoms with Crippen LogP contribution in [-0.2, 0) is 0 Å². The zero-order chi connectivity index (χ0) is 11.7. The Morgan fingerprint density at radius 3 is 2.65 bits per heavy atom. The molecule has 0 aliphatic carbocycles. The van der Waals surface area contributed by atoms with Gasteiger partial charge in [-0.2, -0.15) is 0 Å². The third-order valence-electron chi connectivity index (χ3n) is 2.63. The van der Waals surface area contributed by atoms with Gasteiger partial charge >= 0.3 is 0 Å². The Balaban J connectivity index is 2.07. The number of benzene rings is 1. The first-order chi connectivity index (χ1) is 8.33. The number of ether oxygens (including phenoxy) is 2. The molecule has 0 radical (unpaired) electrons. The van der Waals surface area contributed by atoms with Crippen LogP contribution in [0.15, 0.2) is 41.3 Å². The lowest BCUT2D eigenvalue weighted by Gasteiger charge is -2.18. The Hall–Kier alpha value is -2.23. The van der Waals surface area contributed by atoms with Crippen LogP contribution in [0, 0.1) is 0 Å². The van der Waals surface area contributed by atoms with Gasteiger partial charge in [0.2, 0.25) is 0 Å². The molecule has 17 heavy (non-hydrogen) atoms. The number of aromatic nitrogens is 1. The van der Waals surface area contributed by atoms with Crippen LogP contribution < -0.4 is 14.9 Å². The van der Waals surface area contributed by atoms with Crippen molar-refractivity contribution in [2.75, 3.05) is 13.2 Å². The molecule has 0 atom stereocenters. The molecule has 4 heteroatoms. The molecule has 1 aromatic heterocycles. The fourth-order valence-corrected chi connectivity index (χ4v) is 1.82. The number of rotatable bonds is 1. The minimum Gasteiger partial charge on any atom is -0.486 e. The quantitative estimate of drug-likeness (QED) is 0.811. The number of hydrogen-bond acceptors (Lipinski definition) is 3. The van der Waals surface area contributed by atoms with Crippen LogP contribution in [0.2, 0.25) is 0 Å². The van der Waals surface area contributed by atoms with E-state index < -0.39 is 0 Å². The highest BCUT2D eigenvalue weighted by Gasteiger charge is 2.12. The van der Waals surface area contributed by atoms with E-state index in [0.717, 1.165) is 22.8 Å². The molecular weight excluding hydrogens is 218 g/mol. The number of aromatic amines is 1. The molecule has 0 spiro atoms. The highest BCUT2D eigenvalue weighted by Crippen LogP contribution is 2.33. The molecule has 0 unspecified atom stereocenters. The minimum absolute atomic E-state index is 0.0198. The van der Waals surface area contributed by atoms with Gasteiger partial charge in [0.1, 0.15) is 13.2 Å². The van der Waals surface area contributed by atoms with Crippen LogP contribution in [0.3, 0.4) is 0 Å². The van der Waals surface area contributed by atoms with Gasteiger partial charge < -0.3 is 14.5 Å². The van der Waals surface area contributed by atoms with Gasteiger partial charge in [-0.3, -0.25) is 4.79 Å². The lowest BCUT2D eigenvalue weighted by molar-refractivity contribution is 0.171. The average Bonchev–Trinajstić information content (AvgIpc) is 2.38. The second-order valence-corrected chi connectivity index (χ2v) is 3.80. The SMILES string of the molecule is O=c1cc[nH]c(-c2ccc3c(c2)OCCO3)c1. The topological polar surface area (TPSA) is 51.3 Å². The summed E-state index contributed by atoms with van der Waals surface area (Å²) in [7, 11) is 0. The molecule has 1 N–H and O–H groups in total. The van der Waals surface area contributed by atoms with Gasteiger partial charge in [0.15, 0.2) is 16.9 Å². The monoisotopic (exact) mass is 229 g/mol. The van der Waals surface area contributed by atoms with Gasteiger partial charge in [0.05, 0.1) is 0 Å². The Morgan fingerprint density at radius 2 is 1.82 bits per heavy atom. The van der Waals surface area contributed by atoms with E-state index in [-0.39, 0.29) is 5.43 Å². The van der Waals surface area contributed by atoms with E-state index in [4.69, 9.17) is 9.47 Å². The fraction of sp³-hybridized carbons (Fsp3) is 0.154. The Labute approximate surface area is 97.8 Å². The molecule has 1 aromatic carbocycles. The first-order valence-corrected chi connectivity index (χ1v) is 5.42. The van der Waals surface area contributed by atoms with E-state index in [9.17, 15) is 4.79 Å². The van der Waals surface area contributed by atoms with Gasteiger partial charge in [-0.25, -0.2) is 0 Å². The van der Waals surface area contributed by atoms with Crippen LogP contribution in [-0.4, -0.2) is 18.2 Å². The van der Waals surface area contributed by atoms with E-state index in [1.165, 1.54) is 6.07 Å². The number of pyridine rings is 1. The van der Waals surface area contributed by atoms with Crippen molar-refractivity contribution in [1.82, 2.24) is 4.98 Å². The standard InChI is InChI=1S/C13H11NO3/c15-10-3-4-14-11(8-10)9-1-2-12-13(7-9)17-6-5-16-12/h1-4,7-8H,5-6H2,(H,14,15). The molecule has 0 fully saturated rings. The fourth-order valence-electron chi connectivity index (χ4n) is 1.82. The predicted octanol–water partition coefficient (Wildman–Crippen LogP) is 1.81. The molecule has 1 aliphatic rings. The third kappa shape index (κ3) is 1.89. The van der Waals surface area contributed by atoms with E-state index in [0.29, 0.717) is 13.2 Å². The Kier molecular flexibility index (Phi) is 2.33. The molecule has 2 aromatic rings. The lowest BCUT2D eigenvalue weighted by Crippen LogP contribution is -2.15. The number of fused-ring (bicyclic) bond motifs is 1. The van der Waals surface area contributed by atoms with Crippen molar-refractivity contribution < 1.29 is 9.47 Å². The van der Waals surface area contributed by atoms with Crippen molar-refractivity contribution in [2.45, 2.75) is 0 Å². The highest BCUT2D eigenvalue weighted by molar-refractivity contribution is 5.63. The van der Waals surface area contributed by atoms with Crippen molar-refractivity contribution in [3.63, 3.8) is 0 Å². The predicted molar refractivity (Wildman–Crippen MR) is 63.5 cm³/mol. The third-order valence-corrected chi connectivity index (χ3v) is 2.63. The van der Waals surface area contributed by atoms with Gasteiger partial charge in [0, 0.05) is 29.6 Å². The summed E-state index contributed by atoms with van der Waals surface area (Å²) < 4.78 is 10.9. The summed E-state index contributed by atoms with van der Waals surface area (Å²) in [6, 6.07) is 8.68. The molecule has 0 saturated carbocycles. The zero-order valence-corrected chi connectivity index (χ0v) is 9.10. The van der Waals surface area contributed by atoms with Gasteiger partial charge in [-0.1, -0.05) is 0 Å². The largest absolute Gasteiger partial charge is 0.486 e. The van der Waals surface area contributed by atoms with Crippen molar-refractivity contribution >= 4 is 0 Å². The van der Waals surface area contributed by atoms with Crippen molar-refractivity contribution in [2.24, 2.45) is 0 Å². The van der Waals surface area contributed by atoms with Crippen LogP contribution >= 0.6 is 0 Å². The van der Waals surface area contributed by atoms with Crippen molar-refractivity contribution in [3.05, 3.63) is 46.8 Å². The number of H-pyrrole nitrogens is 1. The molecule has 3 rings (SSSR count). The average molecular weight is 229 g/mol. The van der Waals surface area contributed by atoms with Crippen LogP contribution in [0.1, 0.15) is 0 Å². The summed E-state index contributed by atoms with van der Waals surface area (Å²) >= 11 is 0. The summed E-state index contributed by atoms with van der Waals surface area (Å²) in [6.07, 6.45) is 1.63. The molecular formula is C13H11NO3. The summed E-state index contributed by atoms with van der Waals surface area (Å²) in [6.45, 7) is 1.14. The van der Waals surface area contributed by atoms with E-state index in [1.807, 2.05) is 18.2 Å². The molecule has 4 nitrogen and oxygen atoms in total. The second-order valence-electron chi connectivity index (χ2n) is 3.80. The van der Waals surface area contributed by atoms with E-state index in [2.05, 4.69) is 4.98 Å². The van der Waals surface area contributed by atoms with Gasteiger partial charge in [-0.15, -0.1) is 0 Å². The summed E-state index contributed by atoms with van der Waals surface area (Å²) in [5.74, 6) is 1.47. The first kappa shape index (κ1) is 9.96. The molecule has 0 saturated heterocycles. The molecule has 0 bridgehead atoms. The molecule has 86 valence electrons. The van der Waals surface area contributed by atoms with Crippen molar-refractivity contribution in [3.8, 4) is 22.8 Å². The van der Waals surface area contributed by atoms with E-state index >= 15 is 0 Å². The highest BCUT2D eigenvalue weighted by atomic mass is 16.6. The molecule has 0 amide bonds.